The molecule has 0 aliphatic carbocycles. The van der Waals surface area contributed by atoms with Crippen LogP contribution >= 0.6 is 11.3 Å². The van der Waals surface area contributed by atoms with Gasteiger partial charge < -0.3 is 14.2 Å². The van der Waals surface area contributed by atoms with E-state index in [0.717, 1.165) is 0 Å². The number of piperazine rings is 1. The van der Waals surface area contributed by atoms with E-state index in [0.29, 0.717) is 47.7 Å². The molecule has 2 aromatic heterocycles. The minimum absolute atomic E-state index is 0.0134. The maximum Gasteiger partial charge on any atom is 0.417 e. The molecule has 1 aromatic carbocycles. The lowest BCUT2D eigenvalue weighted by atomic mass is 10.1. The van der Waals surface area contributed by atoms with E-state index in [1.54, 1.807) is 28.0 Å². The number of benzene rings is 1. The smallest absolute Gasteiger partial charge is 0.408 e. The highest BCUT2D eigenvalue weighted by molar-refractivity contribution is 7.12. The number of thiophene rings is 1. The Morgan fingerprint density at radius 2 is 1.76 bits per heavy atom. The van der Waals surface area contributed by atoms with Gasteiger partial charge in [0.25, 0.3) is 11.8 Å². The number of carbonyl (C=O) groups is 2. The number of hydrogen-bond donors (Lipinski definition) is 1. The van der Waals surface area contributed by atoms with Crippen LogP contribution in [0.4, 0.5) is 0 Å². The van der Waals surface area contributed by atoms with Crippen molar-refractivity contribution in [1.82, 2.24) is 14.8 Å². The number of rotatable bonds is 2. The summed E-state index contributed by atoms with van der Waals surface area (Å²) in [7, 11) is 0. The number of H-pyrrole nitrogens is 1. The molecule has 8 heteroatoms. The van der Waals surface area contributed by atoms with Crippen molar-refractivity contribution in [3.63, 3.8) is 0 Å². The summed E-state index contributed by atoms with van der Waals surface area (Å²) in [5.74, 6) is -0.646. The number of nitrogens with zero attached hydrogens (tertiary/aromatic N) is 2. The molecule has 1 saturated heterocycles. The molecule has 0 saturated carbocycles. The van der Waals surface area contributed by atoms with Crippen molar-refractivity contribution in [1.29, 1.82) is 0 Å². The zero-order chi connectivity index (χ0) is 17.4. The molecule has 0 unspecified atom stereocenters. The standard InChI is InChI=1S/C17H15N3O4S/c21-15(11-3-4-13-12(10-11)18-17(23)24-13)19-5-7-20(8-6-19)16(22)14-2-1-9-25-14/h1-4,9-10H,5-8H2,(H,18,23). The Kier molecular flexibility index (Phi) is 3.89. The first-order valence-electron chi connectivity index (χ1n) is 7.87. The molecule has 0 spiro atoms. The zero-order valence-corrected chi connectivity index (χ0v) is 14.0. The van der Waals surface area contributed by atoms with Gasteiger partial charge in [-0.05, 0) is 29.6 Å². The van der Waals surface area contributed by atoms with Gasteiger partial charge in [0.2, 0.25) is 0 Å². The van der Waals surface area contributed by atoms with E-state index < -0.39 is 5.76 Å². The average molecular weight is 357 g/mol. The summed E-state index contributed by atoms with van der Waals surface area (Å²) in [6.45, 7) is 1.98. The molecule has 0 bridgehead atoms. The van der Waals surface area contributed by atoms with Crippen molar-refractivity contribution in [3.8, 4) is 0 Å². The molecule has 1 aliphatic rings. The van der Waals surface area contributed by atoms with Crippen LogP contribution in [0.1, 0.15) is 20.0 Å². The number of carbonyl (C=O) groups excluding carboxylic acids is 2. The highest BCUT2D eigenvalue weighted by atomic mass is 32.1. The van der Waals surface area contributed by atoms with E-state index in [1.165, 1.54) is 11.3 Å². The highest BCUT2D eigenvalue weighted by Gasteiger charge is 2.26. The Bertz CT molecular complexity index is 981. The fourth-order valence-corrected chi connectivity index (χ4v) is 3.63. The van der Waals surface area contributed by atoms with Crippen molar-refractivity contribution in [2.75, 3.05) is 26.2 Å². The van der Waals surface area contributed by atoms with Crippen LogP contribution in [0.15, 0.2) is 44.9 Å². The van der Waals surface area contributed by atoms with Crippen LogP contribution in [0.3, 0.4) is 0 Å². The fraction of sp³-hybridized carbons (Fsp3) is 0.235. The van der Waals surface area contributed by atoms with Gasteiger partial charge in [0.05, 0.1) is 10.4 Å². The predicted molar refractivity (Wildman–Crippen MR) is 93.0 cm³/mol. The number of hydrogen-bond acceptors (Lipinski definition) is 5. The van der Waals surface area contributed by atoms with Gasteiger partial charge in [-0.1, -0.05) is 6.07 Å². The third-order valence-electron chi connectivity index (χ3n) is 4.25. The number of nitrogens with one attached hydrogen (secondary N) is 1. The molecule has 0 atom stereocenters. The molecule has 1 aliphatic heterocycles. The minimum atomic E-state index is -0.541. The van der Waals surface area contributed by atoms with Crippen molar-refractivity contribution < 1.29 is 14.0 Å². The summed E-state index contributed by atoms with van der Waals surface area (Å²) >= 11 is 1.42. The summed E-state index contributed by atoms with van der Waals surface area (Å²) in [6.07, 6.45) is 0. The Labute approximate surface area is 146 Å². The lowest BCUT2D eigenvalue weighted by Gasteiger charge is -2.34. The highest BCUT2D eigenvalue weighted by Crippen LogP contribution is 2.17. The van der Waals surface area contributed by atoms with Crippen LogP contribution in [-0.4, -0.2) is 52.8 Å². The first-order valence-corrected chi connectivity index (χ1v) is 8.75. The summed E-state index contributed by atoms with van der Waals surface area (Å²) in [5, 5.41) is 1.88. The lowest BCUT2D eigenvalue weighted by Crippen LogP contribution is -2.50. The molecule has 128 valence electrons. The third kappa shape index (κ3) is 2.96. The van der Waals surface area contributed by atoms with Crippen molar-refractivity contribution in [2.45, 2.75) is 0 Å². The summed E-state index contributed by atoms with van der Waals surface area (Å²) < 4.78 is 4.94. The maximum atomic E-state index is 12.7. The number of oxazole rings is 1. The van der Waals surface area contributed by atoms with E-state index in [9.17, 15) is 14.4 Å². The summed E-state index contributed by atoms with van der Waals surface area (Å²) in [4.78, 5) is 43.0. The average Bonchev–Trinajstić information content (AvgIpc) is 3.28. The van der Waals surface area contributed by atoms with Gasteiger partial charge in [-0.2, -0.15) is 0 Å². The molecule has 3 heterocycles. The van der Waals surface area contributed by atoms with Gasteiger partial charge in [0, 0.05) is 31.7 Å². The van der Waals surface area contributed by atoms with Crippen LogP contribution in [0.5, 0.6) is 0 Å². The van der Waals surface area contributed by atoms with E-state index in [1.807, 2.05) is 17.5 Å². The van der Waals surface area contributed by atoms with Crippen molar-refractivity contribution in [2.24, 2.45) is 0 Å². The second kappa shape index (κ2) is 6.21. The lowest BCUT2D eigenvalue weighted by molar-refractivity contribution is 0.0538. The Morgan fingerprint density at radius 1 is 1.04 bits per heavy atom. The summed E-state index contributed by atoms with van der Waals surface area (Å²) in [6, 6.07) is 8.53. The third-order valence-corrected chi connectivity index (χ3v) is 5.11. The Morgan fingerprint density at radius 3 is 2.44 bits per heavy atom. The Balaban J connectivity index is 1.45. The minimum Gasteiger partial charge on any atom is -0.408 e. The molecule has 4 rings (SSSR count). The van der Waals surface area contributed by atoms with Crippen molar-refractivity contribution >= 4 is 34.3 Å². The summed E-state index contributed by atoms with van der Waals surface area (Å²) in [5.41, 5.74) is 1.41. The van der Waals surface area contributed by atoms with Gasteiger partial charge in [-0.3, -0.25) is 14.6 Å². The second-order valence-electron chi connectivity index (χ2n) is 5.79. The number of aromatic nitrogens is 1. The molecule has 3 aromatic rings. The number of fused-ring (bicyclic) bond motifs is 1. The van der Waals surface area contributed by atoms with Gasteiger partial charge in [-0.25, -0.2) is 4.79 Å². The molecule has 7 nitrogen and oxygen atoms in total. The fourth-order valence-electron chi connectivity index (χ4n) is 2.94. The van der Waals surface area contributed by atoms with E-state index in [-0.39, 0.29) is 11.8 Å². The first kappa shape index (κ1) is 15.6. The molecule has 1 fully saturated rings. The zero-order valence-electron chi connectivity index (χ0n) is 13.2. The van der Waals surface area contributed by atoms with Crippen LogP contribution in [-0.2, 0) is 0 Å². The topological polar surface area (TPSA) is 86.6 Å². The normalized spacial score (nSPS) is 14.9. The molecule has 0 radical (unpaired) electrons. The molecular formula is C17H15N3O4S. The largest absolute Gasteiger partial charge is 0.417 e. The Hall–Kier alpha value is -2.87. The predicted octanol–water partition coefficient (Wildman–Crippen LogP) is 1.78. The molecule has 25 heavy (non-hydrogen) atoms. The number of amides is 2. The van der Waals surface area contributed by atoms with E-state index >= 15 is 0 Å². The van der Waals surface area contributed by atoms with Gasteiger partial charge in [-0.15, -0.1) is 11.3 Å². The first-order chi connectivity index (χ1) is 12.1. The van der Waals surface area contributed by atoms with Gasteiger partial charge in [0.1, 0.15) is 0 Å². The quantitative estimate of drug-likeness (QED) is 0.757. The monoisotopic (exact) mass is 357 g/mol. The van der Waals surface area contributed by atoms with Crippen LogP contribution in [0.2, 0.25) is 0 Å². The van der Waals surface area contributed by atoms with Gasteiger partial charge in [0.15, 0.2) is 5.58 Å². The molecule has 1 N–H and O–H groups in total. The van der Waals surface area contributed by atoms with Crippen molar-refractivity contribution in [3.05, 3.63) is 56.7 Å². The van der Waals surface area contributed by atoms with Crippen LogP contribution in [0.25, 0.3) is 11.1 Å². The second-order valence-corrected chi connectivity index (χ2v) is 6.73. The van der Waals surface area contributed by atoms with Gasteiger partial charge >= 0.3 is 5.76 Å². The van der Waals surface area contributed by atoms with Crippen LogP contribution in [0, 0.1) is 0 Å². The van der Waals surface area contributed by atoms with E-state index in [2.05, 4.69) is 4.98 Å². The van der Waals surface area contributed by atoms with Crippen LogP contribution < -0.4 is 5.76 Å². The molecular weight excluding hydrogens is 342 g/mol. The SMILES string of the molecule is O=C(c1ccc2oc(=O)[nH]c2c1)N1CCN(C(=O)c2cccs2)CC1. The van der Waals surface area contributed by atoms with E-state index in [4.69, 9.17) is 4.42 Å². The maximum absolute atomic E-state index is 12.7. The number of aromatic amines is 1. The molecule has 2 amide bonds.